The van der Waals surface area contributed by atoms with E-state index in [1.54, 1.807) is 0 Å². The third-order valence-electron chi connectivity index (χ3n) is 4.40. The Hall–Kier alpha value is -3.22. The van der Waals surface area contributed by atoms with Gasteiger partial charge in [0.25, 0.3) is 5.91 Å². The molecule has 0 aliphatic carbocycles. The van der Waals surface area contributed by atoms with Crippen molar-refractivity contribution in [2.75, 3.05) is 6.61 Å². The highest BCUT2D eigenvalue weighted by molar-refractivity contribution is 6.01. The van der Waals surface area contributed by atoms with E-state index in [2.05, 4.69) is 15.6 Å². The van der Waals surface area contributed by atoms with Crippen molar-refractivity contribution in [1.82, 2.24) is 15.5 Å². The molecule has 2 fully saturated rings. The summed E-state index contributed by atoms with van der Waals surface area (Å²) < 4.78 is 21.4. The summed E-state index contributed by atoms with van der Waals surface area (Å²) >= 11 is 0. The smallest absolute Gasteiger partial charge is 0.323 e. The van der Waals surface area contributed by atoms with Crippen LogP contribution < -0.4 is 10.6 Å². The van der Waals surface area contributed by atoms with Gasteiger partial charge in [0, 0.05) is 20.8 Å². The molecule has 13 heteroatoms. The fourth-order valence-corrected chi connectivity index (χ4v) is 3.34. The number of fused-ring (bicyclic) bond motifs is 1. The van der Waals surface area contributed by atoms with Crippen LogP contribution in [-0.4, -0.2) is 84.4 Å². The first-order valence-electron chi connectivity index (χ1n) is 8.72. The van der Waals surface area contributed by atoms with Gasteiger partial charge in [-0.3, -0.25) is 29.5 Å². The van der Waals surface area contributed by atoms with Gasteiger partial charge in [0.2, 0.25) is 0 Å². The van der Waals surface area contributed by atoms with E-state index in [0.717, 1.165) is 6.92 Å². The average Bonchev–Trinajstić information content (AvgIpc) is 3.15. The van der Waals surface area contributed by atoms with Crippen LogP contribution in [0.3, 0.4) is 0 Å². The molecule has 0 radical (unpaired) electrons. The second-order valence-electron chi connectivity index (χ2n) is 6.58. The molecule has 0 bridgehead atoms. The number of urea groups is 1. The Bertz CT molecular complexity index is 769. The van der Waals surface area contributed by atoms with E-state index < -0.39 is 66.6 Å². The maximum absolute atomic E-state index is 12.0. The molecule has 3 aliphatic heterocycles. The number of aliphatic imine (C=N–C) groups is 1. The Balaban J connectivity index is 1.88. The second-order valence-corrected chi connectivity index (χ2v) is 6.58. The number of nitrogens with one attached hydrogen (secondary N) is 2. The summed E-state index contributed by atoms with van der Waals surface area (Å²) in [6.45, 7) is 3.26. The van der Waals surface area contributed by atoms with Crippen molar-refractivity contribution in [2.24, 2.45) is 4.99 Å². The van der Waals surface area contributed by atoms with E-state index >= 15 is 0 Å². The molecule has 158 valence electrons. The number of amides is 3. The van der Waals surface area contributed by atoms with Crippen LogP contribution in [0.1, 0.15) is 20.8 Å². The fourth-order valence-electron chi connectivity index (χ4n) is 3.34. The van der Waals surface area contributed by atoms with Crippen molar-refractivity contribution in [3.63, 3.8) is 0 Å². The van der Waals surface area contributed by atoms with Crippen molar-refractivity contribution >= 4 is 36.2 Å². The summed E-state index contributed by atoms with van der Waals surface area (Å²) in [6, 6.07) is -1.66. The van der Waals surface area contributed by atoms with E-state index in [4.69, 9.17) is 18.9 Å². The van der Waals surface area contributed by atoms with Gasteiger partial charge in [-0.25, -0.2) is 4.79 Å². The molecule has 6 unspecified atom stereocenters. The Kier molecular flexibility index (Phi) is 5.68. The third-order valence-corrected chi connectivity index (χ3v) is 4.40. The fraction of sp³-hybridized carbons (Fsp3) is 0.625. The average molecular weight is 412 g/mol. The molecule has 13 nitrogen and oxygen atoms in total. The lowest BCUT2D eigenvalue weighted by Gasteiger charge is -2.36. The molecular formula is C16H20N4O9. The van der Waals surface area contributed by atoms with Gasteiger partial charge in [0.05, 0.1) is 6.34 Å². The van der Waals surface area contributed by atoms with Gasteiger partial charge >= 0.3 is 23.9 Å². The SMILES string of the molecule is CC(=O)OCC1OC(N2C=NC3C(=O)NC(=O)NC32)C(OC(C)=O)C1OC(C)=O. The van der Waals surface area contributed by atoms with Crippen molar-refractivity contribution in [1.29, 1.82) is 0 Å². The third kappa shape index (κ3) is 4.29. The minimum absolute atomic E-state index is 0.270. The first-order valence-corrected chi connectivity index (χ1v) is 8.72. The Morgan fingerprint density at radius 3 is 2.38 bits per heavy atom. The van der Waals surface area contributed by atoms with Gasteiger partial charge in [-0.1, -0.05) is 0 Å². The Morgan fingerprint density at radius 2 is 1.76 bits per heavy atom. The number of carbonyl (C=O) groups excluding carboxylic acids is 5. The predicted molar refractivity (Wildman–Crippen MR) is 91.0 cm³/mol. The van der Waals surface area contributed by atoms with Crippen LogP contribution in [0.2, 0.25) is 0 Å². The maximum Gasteiger partial charge on any atom is 0.323 e. The van der Waals surface area contributed by atoms with Crippen LogP contribution in [-0.2, 0) is 38.1 Å². The first kappa shape index (κ1) is 20.5. The van der Waals surface area contributed by atoms with Crippen molar-refractivity contribution in [3.8, 4) is 0 Å². The van der Waals surface area contributed by atoms with Gasteiger partial charge in [-0.15, -0.1) is 0 Å². The quantitative estimate of drug-likeness (QED) is 0.382. The molecular weight excluding hydrogens is 392 g/mol. The lowest BCUT2D eigenvalue weighted by molar-refractivity contribution is -0.167. The van der Waals surface area contributed by atoms with Crippen LogP contribution in [0.15, 0.2) is 4.99 Å². The van der Waals surface area contributed by atoms with Crippen LogP contribution in [0.5, 0.6) is 0 Å². The molecule has 0 aromatic carbocycles. The summed E-state index contributed by atoms with van der Waals surface area (Å²) in [5, 5.41) is 4.65. The highest BCUT2D eigenvalue weighted by Crippen LogP contribution is 2.32. The zero-order valence-electron chi connectivity index (χ0n) is 15.8. The number of rotatable bonds is 5. The normalized spacial score (nSPS) is 32.9. The Morgan fingerprint density at radius 1 is 1.10 bits per heavy atom. The standard InChI is InChI=1S/C16H20N4O9/c1-6(21)26-4-9-11(27-7(2)22)12(28-8(3)23)15(29-9)20-5-17-10-13(20)18-16(25)19-14(10)24/h5,9-13,15H,4H2,1-3H3,(H2,18,19,24,25). The molecule has 2 saturated heterocycles. The second kappa shape index (κ2) is 8.03. The lowest BCUT2D eigenvalue weighted by Crippen LogP contribution is -2.65. The molecule has 3 amide bonds. The van der Waals surface area contributed by atoms with Crippen LogP contribution in [0.4, 0.5) is 4.79 Å². The van der Waals surface area contributed by atoms with Crippen LogP contribution in [0, 0.1) is 0 Å². The van der Waals surface area contributed by atoms with E-state index in [9.17, 15) is 24.0 Å². The number of hydrogen-bond acceptors (Lipinski definition) is 11. The van der Waals surface area contributed by atoms with Crippen molar-refractivity contribution in [3.05, 3.63) is 0 Å². The maximum atomic E-state index is 12.0. The molecule has 3 aliphatic rings. The zero-order chi connectivity index (χ0) is 21.3. The minimum Gasteiger partial charge on any atom is -0.463 e. The summed E-state index contributed by atoms with van der Waals surface area (Å²) in [7, 11) is 0. The van der Waals surface area contributed by atoms with Crippen molar-refractivity contribution in [2.45, 2.75) is 57.5 Å². The minimum atomic E-state index is -1.14. The van der Waals surface area contributed by atoms with E-state index in [0.29, 0.717) is 0 Å². The highest BCUT2D eigenvalue weighted by Gasteiger charge is 2.55. The van der Waals surface area contributed by atoms with E-state index in [-0.39, 0.29) is 6.61 Å². The molecule has 0 aromatic rings. The molecule has 0 saturated carbocycles. The lowest BCUT2D eigenvalue weighted by atomic mass is 10.1. The molecule has 3 rings (SSSR count). The largest absolute Gasteiger partial charge is 0.463 e. The van der Waals surface area contributed by atoms with Crippen molar-refractivity contribution < 1.29 is 42.9 Å². The zero-order valence-corrected chi connectivity index (χ0v) is 15.8. The summed E-state index contributed by atoms with van der Waals surface area (Å²) in [5.41, 5.74) is 0. The number of ether oxygens (including phenoxy) is 4. The van der Waals surface area contributed by atoms with Gasteiger partial charge in [0.15, 0.2) is 24.5 Å². The van der Waals surface area contributed by atoms with Crippen LogP contribution >= 0.6 is 0 Å². The first-order chi connectivity index (χ1) is 13.7. The van der Waals surface area contributed by atoms with E-state index in [1.165, 1.54) is 25.1 Å². The molecule has 6 atom stereocenters. The number of imide groups is 1. The number of esters is 3. The predicted octanol–water partition coefficient (Wildman–Crippen LogP) is -1.98. The highest BCUT2D eigenvalue weighted by atomic mass is 16.7. The van der Waals surface area contributed by atoms with Gasteiger partial charge in [-0.2, -0.15) is 0 Å². The number of hydrogen-bond donors (Lipinski definition) is 2. The molecule has 29 heavy (non-hydrogen) atoms. The van der Waals surface area contributed by atoms with E-state index in [1.807, 2.05) is 0 Å². The van der Waals surface area contributed by atoms with Gasteiger partial charge in [0.1, 0.15) is 18.9 Å². The number of nitrogens with zero attached hydrogens (tertiary/aromatic N) is 2. The molecule has 3 heterocycles. The topological polar surface area (TPSA) is 162 Å². The molecule has 0 aromatic heterocycles. The summed E-state index contributed by atoms with van der Waals surface area (Å²) in [4.78, 5) is 63.6. The molecule has 2 N–H and O–H groups in total. The van der Waals surface area contributed by atoms with Gasteiger partial charge in [-0.05, 0) is 0 Å². The summed E-state index contributed by atoms with van der Waals surface area (Å²) in [5.74, 6) is -2.52. The van der Waals surface area contributed by atoms with Gasteiger partial charge < -0.3 is 29.2 Å². The summed E-state index contributed by atoms with van der Waals surface area (Å²) in [6.07, 6.45) is -3.89. The monoisotopic (exact) mass is 412 g/mol. The number of carbonyl (C=O) groups is 5. The molecule has 0 spiro atoms. The Labute approximate surface area is 164 Å². The van der Waals surface area contributed by atoms with Crippen LogP contribution in [0.25, 0.3) is 0 Å².